The lowest BCUT2D eigenvalue weighted by atomic mass is 10.2. The molecular formula is C13H13N3O2. The highest BCUT2D eigenvalue weighted by Crippen LogP contribution is 2.22. The first kappa shape index (κ1) is 11.9. The summed E-state index contributed by atoms with van der Waals surface area (Å²) in [5, 5.41) is 12.1. The molecule has 5 heteroatoms. The van der Waals surface area contributed by atoms with Gasteiger partial charge in [-0.2, -0.15) is 0 Å². The first-order valence-electron chi connectivity index (χ1n) is 5.39. The Hall–Kier alpha value is -2.56. The summed E-state index contributed by atoms with van der Waals surface area (Å²) in [6.07, 6.45) is 1.42. The molecule has 2 aromatic rings. The number of carbonyl (C=O) groups is 1. The number of carboxylic acids is 1. The lowest BCUT2D eigenvalue weighted by Gasteiger charge is -2.10. The monoisotopic (exact) mass is 243 g/mol. The van der Waals surface area contributed by atoms with Crippen LogP contribution in [0.4, 0.5) is 17.2 Å². The van der Waals surface area contributed by atoms with Crippen molar-refractivity contribution >= 4 is 23.2 Å². The highest BCUT2D eigenvalue weighted by Gasteiger charge is 2.11. The van der Waals surface area contributed by atoms with Crippen molar-refractivity contribution in [2.75, 3.05) is 11.1 Å². The Morgan fingerprint density at radius 1 is 1.39 bits per heavy atom. The fraction of sp³-hybridized carbons (Fsp3) is 0.0769. The van der Waals surface area contributed by atoms with Crippen LogP contribution in [-0.4, -0.2) is 16.1 Å². The Kier molecular flexibility index (Phi) is 3.14. The average molecular weight is 243 g/mol. The van der Waals surface area contributed by atoms with E-state index in [4.69, 9.17) is 10.8 Å². The van der Waals surface area contributed by atoms with Crippen LogP contribution in [0.25, 0.3) is 0 Å². The largest absolute Gasteiger partial charge is 0.478 e. The van der Waals surface area contributed by atoms with Crippen molar-refractivity contribution < 1.29 is 9.90 Å². The van der Waals surface area contributed by atoms with E-state index in [2.05, 4.69) is 10.3 Å². The normalized spacial score (nSPS) is 10.1. The molecule has 1 heterocycles. The van der Waals surface area contributed by atoms with E-state index in [1.54, 1.807) is 0 Å². The van der Waals surface area contributed by atoms with Crippen LogP contribution >= 0.6 is 0 Å². The second-order valence-corrected chi connectivity index (χ2v) is 3.95. The van der Waals surface area contributed by atoms with Crippen molar-refractivity contribution in [3.05, 3.63) is 47.7 Å². The van der Waals surface area contributed by atoms with Gasteiger partial charge in [0.2, 0.25) is 0 Å². The van der Waals surface area contributed by atoms with Crippen LogP contribution in [0.2, 0.25) is 0 Å². The van der Waals surface area contributed by atoms with Crippen molar-refractivity contribution in [3.63, 3.8) is 0 Å². The van der Waals surface area contributed by atoms with Crippen LogP contribution in [0.15, 0.2) is 36.5 Å². The number of pyridine rings is 1. The number of nitrogens with one attached hydrogen (secondary N) is 1. The van der Waals surface area contributed by atoms with Crippen LogP contribution in [0.5, 0.6) is 0 Å². The third-order valence-corrected chi connectivity index (χ3v) is 2.45. The van der Waals surface area contributed by atoms with Crippen LogP contribution < -0.4 is 11.1 Å². The minimum absolute atomic E-state index is 0.101. The molecule has 1 aromatic heterocycles. The molecule has 0 spiro atoms. The second kappa shape index (κ2) is 4.75. The van der Waals surface area contributed by atoms with Gasteiger partial charge in [0.05, 0.1) is 17.4 Å². The number of aryl methyl sites for hydroxylation is 1. The van der Waals surface area contributed by atoms with E-state index in [1.165, 1.54) is 12.3 Å². The number of hydrogen-bond acceptors (Lipinski definition) is 4. The van der Waals surface area contributed by atoms with Crippen LogP contribution in [0.3, 0.4) is 0 Å². The molecule has 1 aromatic carbocycles. The zero-order valence-electron chi connectivity index (χ0n) is 9.84. The van der Waals surface area contributed by atoms with Gasteiger partial charge < -0.3 is 16.2 Å². The average Bonchev–Trinajstić information content (AvgIpc) is 2.31. The summed E-state index contributed by atoms with van der Waals surface area (Å²) in [5.74, 6) is -0.860. The van der Waals surface area contributed by atoms with Gasteiger partial charge in [-0.25, -0.2) is 9.78 Å². The van der Waals surface area contributed by atoms with Gasteiger partial charge in [0, 0.05) is 5.69 Å². The summed E-state index contributed by atoms with van der Waals surface area (Å²) in [6, 6.07) is 8.96. The molecule has 92 valence electrons. The molecular weight excluding hydrogens is 230 g/mol. The van der Waals surface area contributed by atoms with Crippen molar-refractivity contribution in [3.8, 4) is 0 Å². The lowest BCUT2D eigenvalue weighted by molar-refractivity contribution is 0.0698. The fourth-order valence-electron chi connectivity index (χ4n) is 1.63. The minimum atomic E-state index is -1.04. The standard InChI is InChI=1S/C13H13N3O2/c1-8-3-2-4-9(5-8)16-11-7-15-12(14)6-10(11)13(17)18/h2-7,16H,1H3,(H2,14,15)(H,17,18). The molecule has 0 unspecified atom stereocenters. The number of hydrogen-bond donors (Lipinski definition) is 3. The Labute approximate surface area is 104 Å². The van der Waals surface area contributed by atoms with Gasteiger partial charge in [-0.15, -0.1) is 0 Å². The van der Waals surface area contributed by atoms with E-state index in [0.717, 1.165) is 11.3 Å². The van der Waals surface area contributed by atoms with Crippen molar-refractivity contribution in [1.82, 2.24) is 4.98 Å². The number of nitrogen functional groups attached to an aromatic ring is 1. The summed E-state index contributed by atoms with van der Waals surface area (Å²) in [5.41, 5.74) is 7.89. The number of rotatable bonds is 3. The summed E-state index contributed by atoms with van der Waals surface area (Å²) < 4.78 is 0. The molecule has 4 N–H and O–H groups in total. The molecule has 2 rings (SSSR count). The molecule has 0 aliphatic rings. The third kappa shape index (κ3) is 2.57. The summed E-state index contributed by atoms with van der Waals surface area (Å²) in [4.78, 5) is 15.0. The topological polar surface area (TPSA) is 88.2 Å². The number of anilines is 3. The molecule has 0 saturated heterocycles. The number of aromatic carboxylic acids is 1. The first-order valence-corrected chi connectivity index (χ1v) is 5.39. The number of benzene rings is 1. The molecule has 0 atom stereocenters. The minimum Gasteiger partial charge on any atom is -0.478 e. The maximum Gasteiger partial charge on any atom is 0.338 e. The van der Waals surface area contributed by atoms with E-state index >= 15 is 0 Å². The Morgan fingerprint density at radius 3 is 2.83 bits per heavy atom. The summed E-state index contributed by atoms with van der Waals surface area (Å²) in [7, 11) is 0. The maximum atomic E-state index is 11.1. The van der Waals surface area contributed by atoms with Crippen molar-refractivity contribution in [2.45, 2.75) is 6.92 Å². The van der Waals surface area contributed by atoms with Gasteiger partial charge >= 0.3 is 5.97 Å². The zero-order valence-corrected chi connectivity index (χ0v) is 9.84. The molecule has 0 radical (unpaired) electrons. The zero-order chi connectivity index (χ0) is 13.1. The second-order valence-electron chi connectivity index (χ2n) is 3.95. The van der Waals surface area contributed by atoms with Crippen LogP contribution in [0, 0.1) is 6.92 Å². The van der Waals surface area contributed by atoms with Gasteiger partial charge in [0.25, 0.3) is 0 Å². The van der Waals surface area contributed by atoms with E-state index in [1.807, 2.05) is 31.2 Å². The van der Waals surface area contributed by atoms with Gasteiger partial charge in [-0.3, -0.25) is 0 Å². The van der Waals surface area contributed by atoms with Crippen LogP contribution in [0.1, 0.15) is 15.9 Å². The third-order valence-electron chi connectivity index (χ3n) is 2.45. The molecule has 0 aliphatic heterocycles. The highest BCUT2D eigenvalue weighted by atomic mass is 16.4. The van der Waals surface area contributed by atoms with E-state index in [0.29, 0.717) is 5.69 Å². The molecule has 5 nitrogen and oxygen atoms in total. The van der Waals surface area contributed by atoms with E-state index in [9.17, 15) is 4.79 Å². The predicted octanol–water partition coefficient (Wildman–Crippen LogP) is 2.41. The fourth-order valence-corrected chi connectivity index (χ4v) is 1.63. The highest BCUT2D eigenvalue weighted by molar-refractivity contribution is 5.95. The predicted molar refractivity (Wildman–Crippen MR) is 70.1 cm³/mol. The SMILES string of the molecule is Cc1cccc(Nc2cnc(N)cc2C(=O)O)c1. The van der Waals surface area contributed by atoms with Crippen molar-refractivity contribution in [1.29, 1.82) is 0 Å². The number of carboxylic acid groups (broad SMARTS) is 1. The summed E-state index contributed by atoms with van der Waals surface area (Å²) in [6.45, 7) is 1.96. The Bertz CT molecular complexity index is 597. The maximum absolute atomic E-state index is 11.1. The molecule has 0 bridgehead atoms. The molecule has 0 fully saturated rings. The summed E-state index contributed by atoms with van der Waals surface area (Å²) >= 11 is 0. The van der Waals surface area contributed by atoms with Gasteiger partial charge in [-0.05, 0) is 30.7 Å². The lowest BCUT2D eigenvalue weighted by Crippen LogP contribution is -2.05. The molecule has 0 saturated carbocycles. The number of aromatic nitrogens is 1. The van der Waals surface area contributed by atoms with Crippen LogP contribution in [-0.2, 0) is 0 Å². The molecule has 0 amide bonds. The van der Waals surface area contributed by atoms with Gasteiger partial charge in [0.1, 0.15) is 5.82 Å². The Morgan fingerprint density at radius 2 is 2.17 bits per heavy atom. The van der Waals surface area contributed by atoms with Gasteiger partial charge in [0.15, 0.2) is 0 Å². The quantitative estimate of drug-likeness (QED) is 0.770. The first-order chi connectivity index (χ1) is 8.56. The molecule has 18 heavy (non-hydrogen) atoms. The smallest absolute Gasteiger partial charge is 0.338 e. The van der Waals surface area contributed by atoms with Gasteiger partial charge in [-0.1, -0.05) is 12.1 Å². The van der Waals surface area contributed by atoms with E-state index < -0.39 is 5.97 Å². The van der Waals surface area contributed by atoms with E-state index in [-0.39, 0.29) is 11.4 Å². The number of nitrogens with zero attached hydrogens (tertiary/aromatic N) is 1. The number of nitrogens with two attached hydrogens (primary N) is 1. The van der Waals surface area contributed by atoms with Crippen molar-refractivity contribution in [2.24, 2.45) is 0 Å². The molecule has 0 aliphatic carbocycles. The Balaban J connectivity index is 2.37.